The summed E-state index contributed by atoms with van der Waals surface area (Å²) in [6.45, 7) is 11.1. The number of urea groups is 1. The van der Waals surface area contributed by atoms with Crippen molar-refractivity contribution in [1.82, 2.24) is 9.80 Å². The number of likely N-dealkylation sites (N-methyl/N-ethyl adjacent to an activating group) is 2. The molecule has 6 nitrogen and oxygen atoms in total. The van der Waals surface area contributed by atoms with Gasteiger partial charge in [0.25, 0.3) is 11.8 Å². The van der Waals surface area contributed by atoms with Crippen LogP contribution in [0.3, 0.4) is 0 Å². The van der Waals surface area contributed by atoms with E-state index in [2.05, 4.69) is 51.7 Å². The number of hydrogen-bond donors (Lipinski definition) is 0. The summed E-state index contributed by atoms with van der Waals surface area (Å²) in [6.07, 6.45) is 2.62. The van der Waals surface area contributed by atoms with Gasteiger partial charge in [-0.3, -0.25) is 19.4 Å². The van der Waals surface area contributed by atoms with Gasteiger partial charge in [0.1, 0.15) is 5.57 Å². The van der Waals surface area contributed by atoms with Crippen LogP contribution in [0, 0.1) is 0 Å². The van der Waals surface area contributed by atoms with Crippen LogP contribution in [0.2, 0.25) is 0 Å². The van der Waals surface area contributed by atoms with Crippen LogP contribution < -0.4 is 4.90 Å². The highest BCUT2D eigenvalue weighted by Gasteiger charge is 2.39. The topological polar surface area (TPSA) is 60.9 Å². The fourth-order valence-electron chi connectivity index (χ4n) is 4.68. The fraction of sp³-hybridized carbons (Fsp3) is 0.500. The molecule has 3 rings (SSSR count). The number of carbonyl (C=O) groups excluding carboxylic acids is 3. The third kappa shape index (κ3) is 3.11. The average molecular weight is 383 g/mol. The van der Waals surface area contributed by atoms with Crippen molar-refractivity contribution >= 4 is 29.6 Å². The van der Waals surface area contributed by atoms with Gasteiger partial charge < -0.3 is 4.90 Å². The number of fused-ring (bicyclic) bond motifs is 1. The van der Waals surface area contributed by atoms with E-state index in [4.69, 9.17) is 0 Å². The molecule has 0 radical (unpaired) electrons. The molecule has 0 spiro atoms. The number of nitrogens with zero attached hydrogens (tertiary/aromatic N) is 3. The van der Waals surface area contributed by atoms with Crippen molar-refractivity contribution in [2.45, 2.75) is 58.5 Å². The first kappa shape index (κ1) is 20.1. The molecule has 28 heavy (non-hydrogen) atoms. The quantitative estimate of drug-likeness (QED) is 0.578. The molecule has 0 saturated carbocycles. The Kier molecular flexibility index (Phi) is 4.86. The van der Waals surface area contributed by atoms with Gasteiger partial charge in [-0.2, -0.15) is 0 Å². The lowest BCUT2D eigenvalue weighted by atomic mass is 9.78. The van der Waals surface area contributed by atoms with Gasteiger partial charge in [-0.15, -0.1) is 0 Å². The Morgan fingerprint density at radius 2 is 1.64 bits per heavy atom. The third-order valence-electron chi connectivity index (χ3n) is 5.77. The van der Waals surface area contributed by atoms with Crippen LogP contribution in [0.4, 0.5) is 10.5 Å². The SMILES string of the molecule is CC(C)N1c2ccc(C=C3C(=O)N(C)C(=O)N(C)C3=O)cc2[C@H](C)CC1(C)C. The maximum absolute atomic E-state index is 12.5. The Hall–Kier alpha value is -2.63. The van der Waals surface area contributed by atoms with E-state index in [-0.39, 0.29) is 11.1 Å². The molecule has 2 aliphatic heterocycles. The number of imide groups is 2. The van der Waals surface area contributed by atoms with E-state index in [0.717, 1.165) is 21.8 Å². The van der Waals surface area contributed by atoms with Crippen molar-refractivity contribution in [3.63, 3.8) is 0 Å². The van der Waals surface area contributed by atoms with Gasteiger partial charge in [-0.1, -0.05) is 13.0 Å². The fourth-order valence-corrected chi connectivity index (χ4v) is 4.68. The predicted octanol–water partition coefficient (Wildman–Crippen LogP) is 3.62. The number of barbiturate groups is 1. The van der Waals surface area contributed by atoms with Gasteiger partial charge >= 0.3 is 6.03 Å². The van der Waals surface area contributed by atoms with Gasteiger partial charge in [0, 0.05) is 31.4 Å². The van der Waals surface area contributed by atoms with Crippen molar-refractivity contribution in [2.24, 2.45) is 0 Å². The van der Waals surface area contributed by atoms with E-state index in [1.165, 1.54) is 25.3 Å². The molecule has 0 unspecified atom stereocenters. The van der Waals surface area contributed by atoms with Gasteiger partial charge in [-0.25, -0.2) is 4.79 Å². The minimum Gasteiger partial charge on any atom is -0.364 e. The third-order valence-corrected chi connectivity index (χ3v) is 5.77. The van der Waals surface area contributed by atoms with Crippen molar-refractivity contribution < 1.29 is 14.4 Å². The molecule has 0 aromatic heterocycles. The van der Waals surface area contributed by atoms with Gasteiger partial charge in [-0.05, 0) is 69.4 Å². The molecule has 6 heteroatoms. The van der Waals surface area contributed by atoms with Crippen molar-refractivity contribution in [2.75, 3.05) is 19.0 Å². The molecule has 2 aliphatic rings. The molecule has 1 aromatic rings. The monoisotopic (exact) mass is 383 g/mol. The second-order valence-corrected chi connectivity index (χ2v) is 8.77. The molecule has 2 heterocycles. The summed E-state index contributed by atoms with van der Waals surface area (Å²) < 4.78 is 0. The summed E-state index contributed by atoms with van der Waals surface area (Å²) in [5, 5.41) is 0. The van der Waals surface area contributed by atoms with Crippen molar-refractivity contribution in [3.05, 3.63) is 34.9 Å². The Morgan fingerprint density at radius 3 is 2.18 bits per heavy atom. The zero-order valence-corrected chi connectivity index (χ0v) is 17.7. The highest BCUT2D eigenvalue weighted by Crippen LogP contribution is 2.44. The Labute approximate surface area is 166 Å². The van der Waals surface area contributed by atoms with E-state index in [1.807, 2.05) is 6.07 Å². The first-order chi connectivity index (χ1) is 13.0. The lowest BCUT2D eigenvalue weighted by Gasteiger charge is -2.50. The number of carbonyl (C=O) groups is 3. The predicted molar refractivity (Wildman–Crippen MR) is 110 cm³/mol. The number of hydrogen-bond acceptors (Lipinski definition) is 4. The smallest absolute Gasteiger partial charge is 0.333 e. The molecule has 1 aromatic carbocycles. The van der Waals surface area contributed by atoms with Crippen LogP contribution in [0.1, 0.15) is 58.1 Å². The summed E-state index contributed by atoms with van der Waals surface area (Å²) in [5.74, 6) is -0.768. The minimum atomic E-state index is -0.610. The van der Waals surface area contributed by atoms with E-state index in [9.17, 15) is 14.4 Å². The van der Waals surface area contributed by atoms with Gasteiger partial charge in [0.15, 0.2) is 0 Å². The highest BCUT2D eigenvalue weighted by molar-refractivity contribution is 6.30. The maximum Gasteiger partial charge on any atom is 0.333 e. The van der Waals surface area contributed by atoms with E-state index < -0.39 is 17.8 Å². The molecule has 0 bridgehead atoms. The van der Waals surface area contributed by atoms with Crippen LogP contribution in [0.25, 0.3) is 6.08 Å². The first-order valence-corrected chi connectivity index (χ1v) is 9.70. The summed E-state index contributed by atoms with van der Waals surface area (Å²) in [7, 11) is 2.78. The van der Waals surface area contributed by atoms with Crippen LogP contribution in [0.15, 0.2) is 23.8 Å². The average Bonchev–Trinajstić information content (AvgIpc) is 2.61. The molecular formula is C22H29N3O3. The molecule has 1 fully saturated rings. The number of amides is 4. The normalized spacial score (nSPS) is 22.1. The van der Waals surface area contributed by atoms with Crippen LogP contribution >= 0.6 is 0 Å². The van der Waals surface area contributed by atoms with E-state index in [1.54, 1.807) is 6.08 Å². The van der Waals surface area contributed by atoms with Crippen molar-refractivity contribution in [3.8, 4) is 0 Å². The largest absolute Gasteiger partial charge is 0.364 e. The lowest BCUT2D eigenvalue weighted by molar-refractivity contribution is -0.134. The molecule has 0 N–H and O–H groups in total. The molecule has 4 amide bonds. The van der Waals surface area contributed by atoms with Gasteiger partial charge in [0.2, 0.25) is 0 Å². The van der Waals surface area contributed by atoms with Crippen LogP contribution in [-0.2, 0) is 9.59 Å². The standard InChI is InChI=1S/C22H29N3O3/c1-13(2)25-18-9-8-15(10-16(18)14(3)12-22(25,4)5)11-17-19(26)23(6)21(28)24(7)20(17)27/h8-11,13-14H,12H2,1-7H3/t14-/m1/s1. The zero-order chi connectivity index (χ0) is 21.0. The molecular weight excluding hydrogens is 354 g/mol. The number of rotatable bonds is 2. The minimum absolute atomic E-state index is 0.00839. The Morgan fingerprint density at radius 1 is 1.07 bits per heavy atom. The van der Waals surface area contributed by atoms with Gasteiger partial charge in [0.05, 0.1) is 0 Å². The Bertz CT molecular complexity index is 859. The second-order valence-electron chi connectivity index (χ2n) is 8.77. The van der Waals surface area contributed by atoms with E-state index in [0.29, 0.717) is 12.0 Å². The van der Waals surface area contributed by atoms with Crippen LogP contribution in [0.5, 0.6) is 0 Å². The molecule has 1 atom stereocenters. The van der Waals surface area contributed by atoms with E-state index >= 15 is 0 Å². The summed E-state index contributed by atoms with van der Waals surface area (Å²) in [4.78, 5) is 41.2. The number of benzene rings is 1. The maximum atomic E-state index is 12.5. The zero-order valence-electron chi connectivity index (χ0n) is 17.7. The lowest BCUT2D eigenvalue weighted by Crippen LogP contribution is -2.53. The first-order valence-electron chi connectivity index (χ1n) is 9.70. The van der Waals surface area contributed by atoms with Crippen molar-refractivity contribution in [1.29, 1.82) is 0 Å². The Balaban J connectivity index is 2.06. The summed E-state index contributed by atoms with van der Waals surface area (Å²) >= 11 is 0. The summed E-state index contributed by atoms with van der Waals surface area (Å²) in [6, 6.07) is 5.83. The molecule has 1 saturated heterocycles. The summed E-state index contributed by atoms with van der Waals surface area (Å²) in [5.41, 5.74) is 3.28. The molecule has 0 aliphatic carbocycles. The highest BCUT2D eigenvalue weighted by atomic mass is 16.2. The molecule has 150 valence electrons. The number of anilines is 1. The second kappa shape index (κ2) is 6.76. The van der Waals surface area contributed by atoms with Crippen LogP contribution in [-0.4, -0.2) is 53.3 Å².